The topological polar surface area (TPSA) is 238 Å². The monoisotopic (exact) mass is 1000 g/mol. The van der Waals surface area contributed by atoms with Gasteiger partial charge in [-0.3, -0.25) is 58.3 Å². The molecule has 10 rings (SSSR count). The van der Waals surface area contributed by atoms with Gasteiger partial charge in [0.15, 0.2) is 0 Å². The number of nitro benzene ring substituents is 1. The van der Waals surface area contributed by atoms with E-state index in [0.717, 1.165) is 9.80 Å². The fourth-order valence-electron chi connectivity index (χ4n) is 9.47. The number of benzene rings is 7. The molecule has 0 radical (unpaired) electrons. The molecular formula is C52H38Cl2N8O10. The first kappa shape index (κ1) is 47.3. The van der Waals surface area contributed by atoms with E-state index in [9.17, 15) is 48.5 Å². The van der Waals surface area contributed by atoms with Gasteiger partial charge in [-0.05, 0) is 72.1 Å². The van der Waals surface area contributed by atoms with Crippen molar-refractivity contribution in [2.45, 2.75) is 0 Å². The molecule has 0 saturated carbocycles. The van der Waals surface area contributed by atoms with Crippen LogP contribution in [0.4, 0.5) is 11.4 Å². The second kappa shape index (κ2) is 19.1. The third-order valence-electron chi connectivity index (χ3n) is 12.8. The summed E-state index contributed by atoms with van der Waals surface area (Å²) in [7, 11) is 0. The molecule has 7 aromatic rings. The van der Waals surface area contributed by atoms with Gasteiger partial charge in [-0.1, -0.05) is 59.6 Å². The van der Waals surface area contributed by atoms with Crippen LogP contribution >= 0.6 is 23.2 Å². The smallest absolute Gasteiger partial charge is 0.282 e. The number of anilines is 1. The van der Waals surface area contributed by atoms with Crippen LogP contribution in [0.1, 0.15) is 82.9 Å². The second-order valence-corrected chi connectivity index (χ2v) is 17.8. The van der Waals surface area contributed by atoms with Crippen LogP contribution in [0.3, 0.4) is 0 Å². The molecule has 20 heteroatoms. The van der Waals surface area contributed by atoms with E-state index in [1.165, 1.54) is 36.4 Å². The van der Waals surface area contributed by atoms with Gasteiger partial charge in [0.05, 0.1) is 10.6 Å². The van der Waals surface area contributed by atoms with Crippen molar-refractivity contribution >= 4 is 114 Å². The second-order valence-electron chi connectivity index (χ2n) is 17.0. The van der Waals surface area contributed by atoms with Crippen molar-refractivity contribution in [2.24, 2.45) is 0 Å². The van der Waals surface area contributed by atoms with Crippen LogP contribution < -0.4 is 26.2 Å². The van der Waals surface area contributed by atoms with Crippen LogP contribution in [0.5, 0.6) is 0 Å². The highest BCUT2D eigenvalue weighted by Crippen LogP contribution is 2.39. The Kier molecular flexibility index (Phi) is 12.5. The summed E-state index contributed by atoms with van der Waals surface area (Å²) in [4.78, 5) is 124. The molecule has 18 nitrogen and oxygen atoms in total. The van der Waals surface area contributed by atoms with Crippen LogP contribution in [-0.4, -0.2) is 114 Å². The molecule has 0 unspecified atom stereocenters. The van der Waals surface area contributed by atoms with Crippen LogP contribution in [0, 0.1) is 10.1 Å². The van der Waals surface area contributed by atoms with Gasteiger partial charge >= 0.3 is 0 Å². The van der Waals surface area contributed by atoms with Gasteiger partial charge in [-0.2, -0.15) is 0 Å². The molecular weight excluding hydrogens is 968 g/mol. The normalized spacial score (nSPS) is 14.0. The zero-order valence-corrected chi connectivity index (χ0v) is 39.2. The van der Waals surface area contributed by atoms with Gasteiger partial charge in [0.25, 0.3) is 52.9 Å². The summed E-state index contributed by atoms with van der Waals surface area (Å²) >= 11 is 12.7. The molecule has 7 aromatic carbocycles. The first-order valence-corrected chi connectivity index (χ1v) is 23.4. The van der Waals surface area contributed by atoms with Gasteiger partial charge in [0, 0.05) is 134 Å². The standard InChI is InChI=1S/C52H38Cl2N8O10/c53-38-13-11-36-42-31(38)5-2-8-34(42)47(65)59(49(36)67)22-20-55-16-18-57-45(63)28-24-29(26-30(25-28)61-51(69)33-7-1-4-27-10-15-40(62(71)72)44(41(27)33)52(61)70)46(64)58-19-17-56-21-23-60-48(66)35-9-3-6-32-39(54)14-12-37(43(32)35)50(60)68/h1-15,24-26,55-56H,16-23H2,(H,57,63)(H,58,64). The molecule has 3 aliphatic heterocycles. The lowest BCUT2D eigenvalue weighted by atomic mass is 9.92. The van der Waals surface area contributed by atoms with E-state index in [1.807, 2.05) is 0 Å². The highest BCUT2D eigenvalue weighted by molar-refractivity contribution is 6.39. The quantitative estimate of drug-likeness (QED) is 0.0357. The third-order valence-corrected chi connectivity index (χ3v) is 13.5. The number of carbonyl (C=O) groups is 8. The van der Waals surface area contributed by atoms with Crippen molar-refractivity contribution in [3.8, 4) is 0 Å². The molecule has 0 aromatic heterocycles. The molecule has 0 aliphatic carbocycles. The Morgan fingerprint density at radius 3 is 1.44 bits per heavy atom. The van der Waals surface area contributed by atoms with Gasteiger partial charge in [0.1, 0.15) is 5.56 Å². The SMILES string of the molecule is O=C(NCCNCCN1C(=O)c2cccc3c(Cl)ccc(c23)C1=O)c1cc(C(=O)NCCNCCN2C(=O)c3cccc4c(Cl)ccc(c34)C2=O)cc(N2C(=O)c3cccc4ccc([N+](=O)[O-])c(c34)C2=O)c1. The van der Waals surface area contributed by atoms with E-state index in [4.69, 9.17) is 23.2 Å². The molecule has 0 atom stereocenters. The molecule has 8 amide bonds. The number of halogens is 2. The number of nitrogens with one attached hydrogen (secondary N) is 4. The molecule has 0 bridgehead atoms. The van der Waals surface area contributed by atoms with E-state index in [-0.39, 0.29) is 85.7 Å². The van der Waals surface area contributed by atoms with Crippen molar-refractivity contribution in [3.05, 3.63) is 174 Å². The maximum Gasteiger partial charge on any atom is 0.282 e. The van der Waals surface area contributed by atoms with Gasteiger partial charge in [0.2, 0.25) is 0 Å². The zero-order valence-electron chi connectivity index (χ0n) is 37.7. The Hall–Kier alpha value is -8.42. The van der Waals surface area contributed by atoms with Crippen molar-refractivity contribution < 1.29 is 43.3 Å². The highest BCUT2D eigenvalue weighted by atomic mass is 35.5. The minimum atomic E-state index is -1.03. The average molecular weight is 1010 g/mol. The molecule has 72 heavy (non-hydrogen) atoms. The number of carbonyl (C=O) groups excluding carboxylic acids is 8. The first-order chi connectivity index (χ1) is 34.7. The summed E-state index contributed by atoms with van der Waals surface area (Å²) in [5.74, 6) is -5.13. The molecule has 3 heterocycles. The lowest BCUT2D eigenvalue weighted by molar-refractivity contribution is -0.385. The van der Waals surface area contributed by atoms with Crippen molar-refractivity contribution in [2.75, 3.05) is 57.3 Å². The van der Waals surface area contributed by atoms with Crippen molar-refractivity contribution in [1.82, 2.24) is 31.1 Å². The summed E-state index contributed by atoms with van der Waals surface area (Å²) in [5.41, 5.74) is 0.0976. The predicted octanol–water partition coefficient (Wildman–Crippen LogP) is 6.39. The van der Waals surface area contributed by atoms with E-state index in [0.29, 0.717) is 64.1 Å². The summed E-state index contributed by atoms with van der Waals surface area (Å²) < 4.78 is 0. The number of nitro groups is 1. The summed E-state index contributed by atoms with van der Waals surface area (Å²) in [6, 6.07) is 27.5. The number of hydrogen-bond acceptors (Lipinski definition) is 12. The predicted molar refractivity (Wildman–Crippen MR) is 267 cm³/mol. The fraction of sp³-hybridized carbons (Fsp3) is 0.154. The Balaban J connectivity index is 0.814. The summed E-state index contributed by atoms with van der Waals surface area (Å²) in [6.45, 7) is 0.789. The van der Waals surface area contributed by atoms with Crippen LogP contribution in [0.15, 0.2) is 109 Å². The Morgan fingerprint density at radius 1 is 0.500 bits per heavy atom. The fourth-order valence-corrected chi connectivity index (χ4v) is 9.91. The maximum atomic E-state index is 14.3. The Morgan fingerprint density at radius 2 is 0.958 bits per heavy atom. The zero-order chi connectivity index (χ0) is 50.5. The Labute approximate surface area is 417 Å². The number of hydrogen-bond donors (Lipinski definition) is 4. The third kappa shape index (κ3) is 8.14. The summed E-state index contributed by atoms with van der Waals surface area (Å²) in [6.07, 6.45) is 0. The van der Waals surface area contributed by atoms with Gasteiger partial charge in [-0.15, -0.1) is 0 Å². The van der Waals surface area contributed by atoms with Gasteiger partial charge in [-0.25, -0.2) is 4.90 Å². The number of nitrogens with zero attached hydrogens (tertiary/aromatic N) is 4. The van der Waals surface area contributed by atoms with E-state index in [1.54, 1.807) is 72.8 Å². The minimum Gasteiger partial charge on any atom is -0.351 e. The number of rotatable bonds is 16. The van der Waals surface area contributed by atoms with Crippen LogP contribution in [0.25, 0.3) is 32.3 Å². The summed E-state index contributed by atoms with van der Waals surface area (Å²) in [5, 5.41) is 27.5. The molecule has 360 valence electrons. The Bertz CT molecular complexity index is 3390. The lowest BCUT2D eigenvalue weighted by Gasteiger charge is -2.28. The molecule has 0 spiro atoms. The molecule has 4 N–H and O–H groups in total. The van der Waals surface area contributed by atoms with Gasteiger partial charge < -0.3 is 21.3 Å². The largest absolute Gasteiger partial charge is 0.351 e. The molecule has 3 aliphatic rings. The van der Waals surface area contributed by atoms with Crippen molar-refractivity contribution in [3.63, 3.8) is 0 Å². The molecule has 0 saturated heterocycles. The minimum absolute atomic E-state index is 0.000955. The van der Waals surface area contributed by atoms with Crippen LogP contribution in [0.2, 0.25) is 10.0 Å². The lowest BCUT2D eigenvalue weighted by Crippen LogP contribution is -2.44. The van der Waals surface area contributed by atoms with Crippen LogP contribution in [-0.2, 0) is 0 Å². The van der Waals surface area contributed by atoms with E-state index >= 15 is 0 Å². The average Bonchev–Trinajstić information content (AvgIpc) is 3.38. The maximum absolute atomic E-state index is 14.3. The molecule has 0 fully saturated rings. The number of amides is 8. The van der Waals surface area contributed by atoms with E-state index in [2.05, 4.69) is 21.3 Å². The highest BCUT2D eigenvalue weighted by Gasteiger charge is 2.40. The number of imide groups is 3. The first-order valence-electron chi connectivity index (χ1n) is 22.6. The van der Waals surface area contributed by atoms with E-state index < -0.39 is 57.9 Å². The van der Waals surface area contributed by atoms with Crippen molar-refractivity contribution in [1.29, 1.82) is 0 Å².